The molecule has 22 heavy (non-hydrogen) atoms. The van der Waals surface area contributed by atoms with Crippen LogP contribution in [-0.2, 0) is 6.54 Å². The molecule has 0 saturated carbocycles. The predicted molar refractivity (Wildman–Crippen MR) is 96.0 cm³/mol. The maximum absolute atomic E-state index is 5.75. The van der Waals surface area contributed by atoms with E-state index in [9.17, 15) is 0 Å². The fourth-order valence-corrected chi connectivity index (χ4v) is 2.51. The van der Waals surface area contributed by atoms with E-state index in [0.29, 0.717) is 6.61 Å². The lowest BCUT2D eigenvalue weighted by molar-refractivity contribution is 0.298. The Kier molecular flexibility index (Phi) is 8.94. The first-order valence-corrected chi connectivity index (χ1v) is 8.48. The first kappa shape index (κ1) is 18.8. The first-order valence-electron chi connectivity index (χ1n) is 8.48. The van der Waals surface area contributed by atoms with Crippen molar-refractivity contribution in [2.75, 3.05) is 51.8 Å². The van der Waals surface area contributed by atoms with Gasteiger partial charge in [0.25, 0.3) is 0 Å². The van der Waals surface area contributed by atoms with Gasteiger partial charge in [0.15, 0.2) is 0 Å². The zero-order chi connectivity index (χ0) is 16.4. The molecule has 126 valence electrons. The van der Waals surface area contributed by atoms with E-state index in [-0.39, 0.29) is 0 Å². The molecular formula is C18H33N3O. The second-order valence-electron chi connectivity index (χ2n) is 5.69. The molecule has 0 fully saturated rings. The van der Waals surface area contributed by atoms with Crippen LogP contribution in [0.15, 0.2) is 18.2 Å². The minimum atomic E-state index is 0.696. The van der Waals surface area contributed by atoms with Gasteiger partial charge in [-0.3, -0.25) is 0 Å². The third-order valence-corrected chi connectivity index (χ3v) is 3.86. The van der Waals surface area contributed by atoms with Crippen LogP contribution in [0.4, 0.5) is 5.69 Å². The Bertz CT molecular complexity index is 417. The molecule has 0 amide bonds. The number of hydrogen-bond acceptors (Lipinski definition) is 4. The number of benzene rings is 1. The topological polar surface area (TPSA) is 27.7 Å². The molecule has 4 nitrogen and oxygen atoms in total. The van der Waals surface area contributed by atoms with Gasteiger partial charge in [-0.25, -0.2) is 0 Å². The van der Waals surface area contributed by atoms with Crippen molar-refractivity contribution in [3.63, 3.8) is 0 Å². The van der Waals surface area contributed by atoms with Crippen LogP contribution in [-0.4, -0.2) is 51.8 Å². The van der Waals surface area contributed by atoms with Gasteiger partial charge in [-0.05, 0) is 57.2 Å². The van der Waals surface area contributed by atoms with Crippen molar-refractivity contribution in [3.8, 4) is 5.75 Å². The van der Waals surface area contributed by atoms with Crippen LogP contribution in [0.5, 0.6) is 5.75 Å². The van der Waals surface area contributed by atoms with Gasteiger partial charge < -0.3 is 19.9 Å². The summed E-state index contributed by atoms with van der Waals surface area (Å²) in [6.45, 7) is 12.6. The van der Waals surface area contributed by atoms with E-state index in [1.807, 2.05) is 21.0 Å². The van der Waals surface area contributed by atoms with Crippen LogP contribution < -0.4 is 15.0 Å². The number of anilines is 1. The van der Waals surface area contributed by atoms with Crippen molar-refractivity contribution in [2.45, 2.75) is 33.7 Å². The van der Waals surface area contributed by atoms with Crippen LogP contribution in [0.25, 0.3) is 0 Å². The van der Waals surface area contributed by atoms with E-state index in [0.717, 1.165) is 37.6 Å². The van der Waals surface area contributed by atoms with Gasteiger partial charge in [0, 0.05) is 20.6 Å². The Hall–Kier alpha value is -1.26. The van der Waals surface area contributed by atoms with E-state index >= 15 is 0 Å². The molecule has 0 aromatic heterocycles. The molecular weight excluding hydrogens is 274 g/mol. The number of hydrogen-bond donors (Lipinski definition) is 1. The third-order valence-electron chi connectivity index (χ3n) is 3.86. The zero-order valence-electron chi connectivity index (χ0n) is 15.0. The van der Waals surface area contributed by atoms with Crippen LogP contribution in [0.2, 0.25) is 0 Å². The maximum atomic E-state index is 5.75. The molecule has 0 saturated heterocycles. The fraction of sp³-hybridized carbons (Fsp3) is 0.667. The normalized spacial score (nSPS) is 11.0. The smallest absolute Gasteiger partial charge is 0.142 e. The Morgan fingerprint density at radius 2 is 1.82 bits per heavy atom. The van der Waals surface area contributed by atoms with Crippen molar-refractivity contribution >= 4 is 5.69 Å². The molecule has 1 N–H and O–H groups in total. The number of rotatable bonds is 11. The van der Waals surface area contributed by atoms with Gasteiger partial charge in [0.05, 0.1) is 12.3 Å². The van der Waals surface area contributed by atoms with Crippen molar-refractivity contribution in [2.24, 2.45) is 0 Å². The Morgan fingerprint density at radius 3 is 2.41 bits per heavy atom. The molecule has 1 rings (SSSR count). The molecule has 0 aliphatic carbocycles. The molecule has 0 heterocycles. The fourth-order valence-electron chi connectivity index (χ4n) is 2.51. The molecule has 0 aliphatic rings. The number of nitrogens with one attached hydrogen (secondary N) is 1. The van der Waals surface area contributed by atoms with Crippen molar-refractivity contribution in [3.05, 3.63) is 23.8 Å². The molecule has 0 spiro atoms. The third kappa shape index (κ3) is 6.24. The number of nitrogens with zero attached hydrogens (tertiary/aromatic N) is 2. The molecule has 0 bridgehead atoms. The average molecular weight is 307 g/mol. The zero-order valence-corrected chi connectivity index (χ0v) is 15.0. The molecule has 1 aromatic carbocycles. The Morgan fingerprint density at radius 1 is 1.09 bits per heavy atom. The molecule has 0 unspecified atom stereocenters. The maximum Gasteiger partial charge on any atom is 0.142 e. The van der Waals surface area contributed by atoms with Crippen molar-refractivity contribution in [1.29, 1.82) is 0 Å². The van der Waals surface area contributed by atoms with Crippen LogP contribution in [0.3, 0.4) is 0 Å². The summed E-state index contributed by atoms with van der Waals surface area (Å²) in [6.07, 6.45) is 1.19. The SMILES string of the molecule is CCOc1cc(CNCCCN(CC)CC)ccc1N(C)C. The molecule has 0 aliphatic heterocycles. The van der Waals surface area contributed by atoms with Gasteiger partial charge in [0.1, 0.15) is 5.75 Å². The molecule has 1 aromatic rings. The first-order chi connectivity index (χ1) is 10.6. The van der Waals surface area contributed by atoms with E-state index in [2.05, 4.69) is 47.2 Å². The monoisotopic (exact) mass is 307 g/mol. The minimum Gasteiger partial charge on any atom is -0.492 e. The standard InChI is InChI=1S/C18H33N3O/c1-6-21(7-2)13-9-12-19-15-16-10-11-17(20(4)5)18(14-16)22-8-3/h10-11,14,19H,6-9,12-13,15H2,1-5H3. The molecule has 4 heteroatoms. The minimum absolute atomic E-state index is 0.696. The summed E-state index contributed by atoms with van der Waals surface area (Å²) >= 11 is 0. The average Bonchev–Trinajstić information content (AvgIpc) is 2.51. The highest BCUT2D eigenvalue weighted by Gasteiger charge is 2.07. The lowest BCUT2D eigenvalue weighted by Gasteiger charge is -2.19. The van der Waals surface area contributed by atoms with Gasteiger partial charge in [0.2, 0.25) is 0 Å². The van der Waals surface area contributed by atoms with Crippen LogP contribution >= 0.6 is 0 Å². The highest BCUT2D eigenvalue weighted by molar-refractivity contribution is 5.58. The van der Waals surface area contributed by atoms with Gasteiger partial charge >= 0.3 is 0 Å². The largest absolute Gasteiger partial charge is 0.492 e. The number of ether oxygens (including phenoxy) is 1. The second-order valence-corrected chi connectivity index (χ2v) is 5.69. The van der Waals surface area contributed by atoms with E-state index < -0.39 is 0 Å². The van der Waals surface area contributed by atoms with Crippen molar-refractivity contribution in [1.82, 2.24) is 10.2 Å². The van der Waals surface area contributed by atoms with Crippen molar-refractivity contribution < 1.29 is 4.74 Å². The summed E-state index contributed by atoms with van der Waals surface area (Å²) in [4.78, 5) is 4.55. The Balaban J connectivity index is 2.44. The quantitative estimate of drug-likeness (QED) is 0.636. The summed E-state index contributed by atoms with van der Waals surface area (Å²) in [7, 11) is 4.09. The van der Waals surface area contributed by atoms with Crippen LogP contribution in [0, 0.1) is 0 Å². The summed E-state index contributed by atoms with van der Waals surface area (Å²) in [5.41, 5.74) is 2.41. The summed E-state index contributed by atoms with van der Waals surface area (Å²) in [6, 6.07) is 6.46. The lowest BCUT2D eigenvalue weighted by atomic mass is 10.1. The van der Waals surface area contributed by atoms with Gasteiger partial charge in [-0.1, -0.05) is 19.9 Å². The summed E-state index contributed by atoms with van der Waals surface area (Å²) in [5, 5.41) is 3.53. The molecule has 0 atom stereocenters. The van der Waals surface area contributed by atoms with E-state index in [1.165, 1.54) is 18.5 Å². The predicted octanol–water partition coefficient (Wildman–Crippen LogP) is 2.97. The van der Waals surface area contributed by atoms with Gasteiger partial charge in [-0.2, -0.15) is 0 Å². The Labute approximate surface area is 136 Å². The second kappa shape index (κ2) is 10.5. The molecule has 0 radical (unpaired) electrons. The van der Waals surface area contributed by atoms with Crippen LogP contribution in [0.1, 0.15) is 32.8 Å². The highest BCUT2D eigenvalue weighted by atomic mass is 16.5. The van der Waals surface area contributed by atoms with E-state index in [1.54, 1.807) is 0 Å². The van der Waals surface area contributed by atoms with E-state index in [4.69, 9.17) is 4.74 Å². The lowest BCUT2D eigenvalue weighted by Crippen LogP contribution is -2.27. The summed E-state index contributed by atoms with van der Waals surface area (Å²) < 4.78 is 5.75. The van der Waals surface area contributed by atoms with Gasteiger partial charge in [-0.15, -0.1) is 0 Å². The highest BCUT2D eigenvalue weighted by Crippen LogP contribution is 2.28. The summed E-state index contributed by atoms with van der Waals surface area (Å²) in [5.74, 6) is 0.968.